The predicted octanol–water partition coefficient (Wildman–Crippen LogP) is 8.30. The van der Waals surface area contributed by atoms with E-state index in [0.717, 1.165) is 18.5 Å². The van der Waals surface area contributed by atoms with Crippen molar-refractivity contribution in [2.24, 2.45) is 10.2 Å². The topological polar surface area (TPSA) is 128 Å². The lowest BCUT2D eigenvalue weighted by Crippen LogP contribution is -2.26. The number of aliphatic carboxylic acids is 1. The number of carbonyl (C=O) groups excluding carboxylic acids is 1. The molecule has 10 heteroatoms. The maximum Gasteiger partial charge on any atom is 0.304 e. The lowest BCUT2D eigenvalue weighted by atomic mass is 10.0. The monoisotopic (exact) mass is 600 g/mol. The zero-order valence-electron chi connectivity index (χ0n) is 25.3. The SMILES string of the molecule is CCCCCCCCCCCCCCCC(=O)N(C)c1ccc(N=Nc2ccc(S(=O)(=O)NCCC(=O)O)cc2)cc1. The zero-order valence-corrected chi connectivity index (χ0v) is 26.1. The van der Waals surface area contributed by atoms with Gasteiger partial charge in [-0.1, -0.05) is 84.0 Å². The van der Waals surface area contributed by atoms with E-state index >= 15 is 0 Å². The summed E-state index contributed by atoms with van der Waals surface area (Å²) in [7, 11) is -2.01. The summed E-state index contributed by atoms with van der Waals surface area (Å²) in [6.45, 7) is 2.07. The second kappa shape index (κ2) is 19.9. The highest BCUT2D eigenvalue weighted by Gasteiger charge is 2.14. The van der Waals surface area contributed by atoms with Gasteiger partial charge in [-0.3, -0.25) is 9.59 Å². The Balaban J connectivity index is 1.67. The molecule has 2 aromatic carbocycles. The summed E-state index contributed by atoms with van der Waals surface area (Å²) in [4.78, 5) is 24.9. The van der Waals surface area contributed by atoms with Crippen LogP contribution in [0.25, 0.3) is 0 Å². The summed E-state index contributed by atoms with van der Waals surface area (Å²) >= 11 is 0. The number of carbonyl (C=O) groups is 2. The molecule has 0 unspecified atom stereocenters. The molecule has 232 valence electrons. The quantitative estimate of drug-likeness (QED) is 0.104. The number of hydrogen-bond donors (Lipinski definition) is 2. The molecule has 0 bridgehead atoms. The van der Waals surface area contributed by atoms with Gasteiger partial charge in [0.2, 0.25) is 15.9 Å². The second-order valence-electron chi connectivity index (χ2n) is 10.7. The fourth-order valence-corrected chi connectivity index (χ4v) is 5.56. The van der Waals surface area contributed by atoms with E-state index in [1.165, 1.54) is 94.9 Å². The Morgan fingerprint density at radius 3 is 1.64 bits per heavy atom. The van der Waals surface area contributed by atoms with Crippen molar-refractivity contribution >= 4 is 39.0 Å². The van der Waals surface area contributed by atoms with Crippen molar-refractivity contribution in [3.8, 4) is 0 Å². The number of amides is 1. The minimum Gasteiger partial charge on any atom is -0.481 e. The van der Waals surface area contributed by atoms with E-state index in [4.69, 9.17) is 5.11 Å². The Morgan fingerprint density at radius 2 is 1.17 bits per heavy atom. The van der Waals surface area contributed by atoms with Gasteiger partial charge in [0, 0.05) is 25.7 Å². The molecule has 0 aromatic heterocycles. The molecule has 2 rings (SSSR count). The number of rotatable bonds is 22. The Bertz CT molecular complexity index is 1200. The van der Waals surface area contributed by atoms with Crippen molar-refractivity contribution < 1.29 is 23.1 Å². The first-order chi connectivity index (χ1) is 20.2. The number of anilines is 1. The van der Waals surface area contributed by atoms with E-state index in [1.54, 1.807) is 24.1 Å². The molecule has 0 heterocycles. The third kappa shape index (κ3) is 14.2. The molecule has 2 aromatic rings. The predicted molar refractivity (Wildman–Crippen MR) is 168 cm³/mol. The minimum atomic E-state index is -3.80. The molecular weight excluding hydrogens is 552 g/mol. The number of sulfonamides is 1. The van der Waals surface area contributed by atoms with Crippen molar-refractivity contribution in [1.82, 2.24) is 4.72 Å². The van der Waals surface area contributed by atoms with Gasteiger partial charge in [0.05, 0.1) is 22.7 Å². The van der Waals surface area contributed by atoms with Crippen molar-refractivity contribution in [3.05, 3.63) is 48.5 Å². The fraction of sp³-hybridized carbons (Fsp3) is 0.562. The van der Waals surface area contributed by atoms with Crippen LogP contribution < -0.4 is 9.62 Å². The lowest BCUT2D eigenvalue weighted by molar-refractivity contribution is -0.136. The van der Waals surface area contributed by atoms with E-state index in [-0.39, 0.29) is 23.8 Å². The first-order valence-electron chi connectivity index (χ1n) is 15.3. The van der Waals surface area contributed by atoms with Gasteiger partial charge in [0.1, 0.15) is 0 Å². The summed E-state index contributed by atoms with van der Waals surface area (Å²) in [5.74, 6) is -0.982. The Hall–Kier alpha value is -3.11. The van der Waals surface area contributed by atoms with Crippen LogP contribution in [0.3, 0.4) is 0 Å². The fourth-order valence-electron chi connectivity index (χ4n) is 4.53. The van der Waals surface area contributed by atoms with E-state index in [9.17, 15) is 18.0 Å². The minimum absolute atomic E-state index is 0.0164. The molecule has 0 saturated heterocycles. The smallest absolute Gasteiger partial charge is 0.304 e. The molecule has 2 N–H and O–H groups in total. The summed E-state index contributed by atoms with van der Waals surface area (Å²) in [5.41, 5.74) is 1.86. The average molecular weight is 601 g/mol. The molecule has 0 aliphatic heterocycles. The molecule has 9 nitrogen and oxygen atoms in total. The van der Waals surface area contributed by atoms with Gasteiger partial charge < -0.3 is 10.0 Å². The lowest BCUT2D eigenvalue weighted by Gasteiger charge is -2.17. The van der Waals surface area contributed by atoms with Crippen LogP contribution in [-0.2, 0) is 19.6 Å². The van der Waals surface area contributed by atoms with Gasteiger partial charge in [-0.05, 0) is 55.0 Å². The summed E-state index contributed by atoms with van der Waals surface area (Å²) < 4.78 is 26.7. The second-order valence-corrected chi connectivity index (χ2v) is 12.5. The van der Waals surface area contributed by atoms with Crippen LogP contribution in [0.1, 0.15) is 103 Å². The van der Waals surface area contributed by atoms with Gasteiger partial charge >= 0.3 is 5.97 Å². The van der Waals surface area contributed by atoms with E-state index in [1.807, 2.05) is 12.1 Å². The number of benzene rings is 2. The average Bonchev–Trinajstić information content (AvgIpc) is 2.98. The largest absolute Gasteiger partial charge is 0.481 e. The first-order valence-corrected chi connectivity index (χ1v) is 16.8. The van der Waals surface area contributed by atoms with Crippen LogP contribution in [0, 0.1) is 0 Å². The first kappa shape index (κ1) is 35.1. The number of carboxylic acids is 1. The molecule has 0 aliphatic carbocycles. The maximum absolute atomic E-state index is 12.6. The van der Waals surface area contributed by atoms with Gasteiger partial charge in [-0.15, -0.1) is 0 Å². The van der Waals surface area contributed by atoms with E-state index in [0.29, 0.717) is 17.8 Å². The maximum atomic E-state index is 12.6. The molecule has 0 radical (unpaired) electrons. The molecule has 42 heavy (non-hydrogen) atoms. The van der Waals surface area contributed by atoms with Crippen LogP contribution in [0.15, 0.2) is 63.7 Å². The molecule has 0 saturated carbocycles. The molecule has 1 amide bonds. The highest BCUT2D eigenvalue weighted by atomic mass is 32.2. The van der Waals surface area contributed by atoms with Crippen LogP contribution in [-0.4, -0.2) is 39.0 Å². The van der Waals surface area contributed by atoms with Gasteiger partial charge in [-0.2, -0.15) is 10.2 Å². The molecule has 0 fully saturated rings. The third-order valence-electron chi connectivity index (χ3n) is 7.16. The highest BCUT2D eigenvalue weighted by molar-refractivity contribution is 7.89. The Labute approximate surface area is 251 Å². The third-order valence-corrected chi connectivity index (χ3v) is 8.64. The normalized spacial score (nSPS) is 11.7. The number of unbranched alkanes of at least 4 members (excludes halogenated alkanes) is 12. The number of carboxylic acid groups (broad SMARTS) is 1. The molecule has 0 atom stereocenters. The van der Waals surface area contributed by atoms with Crippen molar-refractivity contribution in [1.29, 1.82) is 0 Å². The Morgan fingerprint density at radius 1 is 0.714 bits per heavy atom. The summed E-state index contributed by atoms with van der Waals surface area (Å²) in [6, 6.07) is 13.0. The van der Waals surface area contributed by atoms with Crippen LogP contribution in [0.5, 0.6) is 0 Å². The molecule has 0 spiro atoms. The number of azo groups is 1. The number of hydrogen-bond acceptors (Lipinski definition) is 6. The van der Waals surface area contributed by atoms with Crippen molar-refractivity contribution in [2.75, 3.05) is 18.5 Å². The summed E-state index contributed by atoms with van der Waals surface area (Å²) in [6.07, 6.45) is 16.9. The van der Waals surface area contributed by atoms with E-state index in [2.05, 4.69) is 21.9 Å². The Kier molecular flexibility index (Phi) is 16.6. The standard InChI is InChI=1S/C32H48N4O5S/c1-3-4-5-6-7-8-9-10-11-12-13-14-15-16-31(37)36(2)29-21-17-27(18-22-29)34-35-28-19-23-30(24-20-28)42(40,41)33-26-25-32(38)39/h17-24,33H,3-16,25-26H2,1-2H3,(H,38,39). The van der Waals surface area contributed by atoms with Crippen LogP contribution in [0.2, 0.25) is 0 Å². The molecular formula is C32H48N4O5S. The number of nitrogens with one attached hydrogen (secondary N) is 1. The highest BCUT2D eigenvalue weighted by Crippen LogP contribution is 2.23. The molecule has 0 aliphatic rings. The van der Waals surface area contributed by atoms with Gasteiger partial charge in [-0.25, -0.2) is 13.1 Å². The zero-order chi connectivity index (χ0) is 30.6. The van der Waals surface area contributed by atoms with Gasteiger partial charge in [0.15, 0.2) is 0 Å². The van der Waals surface area contributed by atoms with Gasteiger partial charge in [0.25, 0.3) is 0 Å². The van der Waals surface area contributed by atoms with Crippen LogP contribution >= 0.6 is 0 Å². The van der Waals surface area contributed by atoms with Crippen molar-refractivity contribution in [3.63, 3.8) is 0 Å². The van der Waals surface area contributed by atoms with Crippen molar-refractivity contribution in [2.45, 2.75) is 108 Å². The number of nitrogens with zero attached hydrogens (tertiary/aromatic N) is 3. The van der Waals surface area contributed by atoms with Crippen LogP contribution in [0.4, 0.5) is 17.1 Å². The summed E-state index contributed by atoms with van der Waals surface area (Å²) in [5, 5.41) is 17.0. The van der Waals surface area contributed by atoms with E-state index < -0.39 is 16.0 Å².